The first-order valence-corrected chi connectivity index (χ1v) is 4.20. The van der Waals surface area contributed by atoms with E-state index in [0.717, 1.165) is 5.75 Å². The molecule has 2 rings (SSSR count). The molecular weight excluding hydrogens is 176 g/mol. The van der Waals surface area contributed by atoms with Crippen LogP contribution in [0.15, 0.2) is 42.7 Å². The van der Waals surface area contributed by atoms with Gasteiger partial charge in [-0.25, -0.2) is 0 Å². The van der Waals surface area contributed by atoms with Crippen molar-refractivity contribution in [2.24, 2.45) is 0 Å². The number of anilines is 1. The summed E-state index contributed by atoms with van der Waals surface area (Å²) >= 11 is 0. The summed E-state index contributed by atoms with van der Waals surface area (Å²) in [4.78, 5) is 3.93. The molecule has 0 unspecified atom stereocenters. The molecule has 1 radical (unpaired) electrons. The van der Waals surface area contributed by atoms with Crippen molar-refractivity contribution < 1.29 is 4.74 Å². The molecule has 0 fully saturated rings. The Bertz CT molecular complexity index is 415. The molecule has 0 saturated carbocycles. The molecule has 0 spiro atoms. The van der Waals surface area contributed by atoms with E-state index < -0.39 is 0 Å². The monoisotopic (exact) mass is 185 g/mol. The van der Waals surface area contributed by atoms with E-state index >= 15 is 0 Å². The number of rotatable bonds is 2. The Morgan fingerprint density at radius 2 is 2.00 bits per heavy atom. The largest absolute Gasteiger partial charge is 0.454 e. The third kappa shape index (κ3) is 1.82. The highest BCUT2D eigenvalue weighted by molar-refractivity contribution is 5.51. The van der Waals surface area contributed by atoms with Crippen molar-refractivity contribution in [3.05, 3.63) is 48.8 Å². The van der Waals surface area contributed by atoms with E-state index in [1.165, 1.54) is 0 Å². The second kappa shape index (κ2) is 3.79. The van der Waals surface area contributed by atoms with Gasteiger partial charge in [0.05, 0.1) is 11.9 Å². The van der Waals surface area contributed by atoms with Gasteiger partial charge in [0.2, 0.25) is 0 Å². The van der Waals surface area contributed by atoms with Crippen LogP contribution in [0.25, 0.3) is 0 Å². The first-order chi connectivity index (χ1) is 6.86. The van der Waals surface area contributed by atoms with Crippen LogP contribution in [0.3, 0.4) is 0 Å². The van der Waals surface area contributed by atoms with Gasteiger partial charge in [-0.15, -0.1) is 0 Å². The SMILES string of the molecule is Nc1ccncc1Oc1cc[c]cc1. The molecule has 0 aliphatic rings. The first-order valence-electron chi connectivity index (χ1n) is 4.20. The minimum Gasteiger partial charge on any atom is -0.454 e. The van der Waals surface area contributed by atoms with Crippen LogP contribution in [-0.4, -0.2) is 4.98 Å². The second-order valence-corrected chi connectivity index (χ2v) is 2.75. The van der Waals surface area contributed by atoms with Crippen LogP contribution >= 0.6 is 0 Å². The summed E-state index contributed by atoms with van der Waals surface area (Å²) in [7, 11) is 0. The summed E-state index contributed by atoms with van der Waals surface area (Å²) < 4.78 is 5.50. The molecule has 0 aliphatic carbocycles. The van der Waals surface area contributed by atoms with E-state index in [4.69, 9.17) is 10.5 Å². The molecular formula is C11H9N2O. The molecule has 1 heterocycles. The number of nitrogens with zero attached hydrogens (tertiary/aromatic N) is 1. The highest BCUT2D eigenvalue weighted by Gasteiger charge is 1.99. The van der Waals surface area contributed by atoms with Gasteiger partial charge in [0, 0.05) is 6.20 Å². The molecule has 1 aromatic carbocycles. The predicted molar refractivity (Wildman–Crippen MR) is 54.0 cm³/mol. The quantitative estimate of drug-likeness (QED) is 0.780. The maximum Gasteiger partial charge on any atom is 0.168 e. The third-order valence-corrected chi connectivity index (χ3v) is 1.73. The topological polar surface area (TPSA) is 48.1 Å². The molecule has 3 nitrogen and oxygen atoms in total. The number of hydrogen-bond acceptors (Lipinski definition) is 3. The first kappa shape index (κ1) is 8.56. The van der Waals surface area contributed by atoms with Gasteiger partial charge >= 0.3 is 0 Å². The Balaban J connectivity index is 2.24. The number of ether oxygens (including phenoxy) is 1. The zero-order valence-electron chi connectivity index (χ0n) is 7.47. The van der Waals surface area contributed by atoms with Gasteiger partial charge in [-0.1, -0.05) is 12.1 Å². The molecule has 3 heteroatoms. The smallest absolute Gasteiger partial charge is 0.168 e. The normalized spacial score (nSPS) is 9.71. The Morgan fingerprint density at radius 3 is 2.71 bits per heavy atom. The van der Waals surface area contributed by atoms with E-state index in [0.29, 0.717) is 11.4 Å². The second-order valence-electron chi connectivity index (χ2n) is 2.75. The molecule has 69 valence electrons. The fraction of sp³-hybridized carbons (Fsp3) is 0. The number of nitrogens with two attached hydrogens (primary N) is 1. The van der Waals surface area contributed by atoms with Gasteiger partial charge < -0.3 is 10.5 Å². The van der Waals surface area contributed by atoms with Crippen LogP contribution in [0, 0.1) is 6.07 Å². The highest BCUT2D eigenvalue weighted by atomic mass is 16.5. The summed E-state index contributed by atoms with van der Waals surface area (Å²) in [5.74, 6) is 1.29. The molecule has 0 atom stereocenters. The number of hydrogen-bond donors (Lipinski definition) is 1. The molecule has 2 aromatic rings. The summed E-state index contributed by atoms with van der Waals surface area (Å²) in [6.45, 7) is 0. The number of pyridine rings is 1. The highest BCUT2D eigenvalue weighted by Crippen LogP contribution is 2.25. The standard InChI is InChI=1S/C11H9N2O/c12-10-6-7-13-8-11(10)14-9-4-2-1-3-5-9/h2-8H,(H2,12,13). The Hall–Kier alpha value is -2.03. The van der Waals surface area contributed by atoms with Gasteiger partial charge in [0.15, 0.2) is 5.75 Å². The van der Waals surface area contributed by atoms with E-state index in [1.54, 1.807) is 30.6 Å². The molecule has 14 heavy (non-hydrogen) atoms. The lowest BCUT2D eigenvalue weighted by Gasteiger charge is -2.06. The molecule has 0 saturated heterocycles. The third-order valence-electron chi connectivity index (χ3n) is 1.73. The number of aromatic nitrogens is 1. The van der Waals surface area contributed by atoms with Crippen molar-refractivity contribution >= 4 is 5.69 Å². The number of nitrogen functional groups attached to an aromatic ring is 1. The minimum absolute atomic E-state index is 0.568. The molecule has 0 bridgehead atoms. The number of benzene rings is 1. The van der Waals surface area contributed by atoms with Gasteiger partial charge in [0.1, 0.15) is 5.75 Å². The Labute approximate surface area is 82.2 Å². The maximum atomic E-state index is 5.70. The van der Waals surface area contributed by atoms with Crippen LogP contribution < -0.4 is 10.5 Å². The van der Waals surface area contributed by atoms with Crippen LogP contribution in [0.2, 0.25) is 0 Å². The van der Waals surface area contributed by atoms with Crippen molar-refractivity contribution in [1.82, 2.24) is 4.98 Å². The van der Waals surface area contributed by atoms with E-state index in [2.05, 4.69) is 11.1 Å². The summed E-state index contributed by atoms with van der Waals surface area (Å²) in [5.41, 5.74) is 6.27. The fourth-order valence-corrected chi connectivity index (χ4v) is 1.04. The summed E-state index contributed by atoms with van der Waals surface area (Å²) in [5, 5.41) is 0. The molecule has 2 N–H and O–H groups in total. The van der Waals surface area contributed by atoms with Crippen molar-refractivity contribution in [3.63, 3.8) is 0 Å². The van der Waals surface area contributed by atoms with Crippen molar-refractivity contribution in [3.8, 4) is 11.5 Å². The lowest BCUT2D eigenvalue weighted by molar-refractivity contribution is 0.482. The molecule has 0 amide bonds. The maximum absolute atomic E-state index is 5.70. The van der Waals surface area contributed by atoms with Crippen LogP contribution in [0.1, 0.15) is 0 Å². The van der Waals surface area contributed by atoms with E-state index in [9.17, 15) is 0 Å². The average molecular weight is 185 g/mol. The summed E-state index contributed by atoms with van der Waals surface area (Å²) in [6.07, 6.45) is 3.22. The van der Waals surface area contributed by atoms with Crippen LogP contribution in [0.5, 0.6) is 11.5 Å². The molecule has 0 aliphatic heterocycles. The molecule has 1 aromatic heterocycles. The van der Waals surface area contributed by atoms with Crippen molar-refractivity contribution in [2.45, 2.75) is 0 Å². The van der Waals surface area contributed by atoms with Gasteiger partial charge in [-0.2, -0.15) is 0 Å². The van der Waals surface area contributed by atoms with Crippen molar-refractivity contribution in [2.75, 3.05) is 5.73 Å². The van der Waals surface area contributed by atoms with Gasteiger partial charge in [-0.3, -0.25) is 4.98 Å². The zero-order chi connectivity index (χ0) is 9.80. The zero-order valence-corrected chi connectivity index (χ0v) is 7.47. The average Bonchev–Trinajstić information content (AvgIpc) is 2.23. The van der Waals surface area contributed by atoms with Gasteiger partial charge in [-0.05, 0) is 24.3 Å². The van der Waals surface area contributed by atoms with E-state index in [1.807, 2.05) is 12.1 Å². The Morgan fingerprint density at radius 1 is 1.21 bits per heavy atom. The minimum atomic E-state index is 0.568. The van der Waals surface area contributed by atoms with Gasteiger partial charge in [0.25, 0.3) is 0 Å². The lowest BCUT2D eigenvalue weighted by Crippen LogP contribution is -1.92. The van der Waals surface area contributed by atoms with Crippen LogP contribution in [-0.2, 0) is 0 Å². The van der Waals surface area contributed by atoms with Crippen molar-refractivity contribution in [1.29, 1.82) is 0 Å². The van der Waals surface area contributed by atoms with Crippen LogP contribution in [0.4, 0.5) is 5.69 Å². The fourth-order valence-electron chi connectivity index (χ4n) is 1.04. The van der Waals surface area contributed by atoms with E-state index in [-0.39, 0.29) is 0 Å². The lowest BCUT2D eigenvalue weighted by atomic mass is 10.3. The Kier molecular flexibility index (Phi) is 2.32. The summed E-state index contributed by atoms with van der Waals surface area (Å²) in [6, 6.07) is 11.8. The predicted octanol–water partition coefficient (Wildman–Crippen LogP) is 2.26.